The Morgan fingerprint density at radius 2 is 1.15 bits per heavy atom. The lowest BCUT2D eigenvalue weighted by Gasteiger charge is -2.35. The molecule has 0 unspecified atom stereocenters. The van der Waals surface area contributed by atoms with Gasteiger partial charge in [0.2, 0.25) is 0 Å². The molecule has 0 atom stereocenters. The van der Waals surface area contributed by atoms with Crippen molar-refractivity contribution in [3.05, 3.63) is 89.2 Å². The van der Waals surface area contributed by atoms with E-state index in [4.69, 9.17) is 0 Å². The number of aromatic nitrogens is 1. The van der Waals surface area contributed by atoms with Gasteiger partial charge in [0.15, 0.2) is 0 Å². The summed E-state index contributed by atoms with van der Waals surface area (Å²) < 4.78 is 121. The van der Waals surface area contributed by atoms with Gasteiger partial charge in [-0.25, -0.2) is 0 Å². The number of hydrogen-bond donors (Lipinski definition) is 1. The Hall–Kier alpha value is -3.16. The van der Waals surface area contributed by atoms with E-state index in [0.29, 0.717) is 44.9 Å². The number of hydrogen-bond acceptors (Lipinski definition) is 4. The van der Waals surface area contributed by atoms with Crippen LogP contribution in [-0.2, 0) is 24.9 Å². The van der Waals surface area contributed by atoms with Crippen molar-refractivity contribution < 1.29 is 44.6 Å². The number of benzene rings is 2. The van der Waals surface area contributed by atoms with Crippen molar-refractivity contribution >= 4 is 0 Å². The van der Waals surface area contributed by atoms with E-state index >= 15 is 0 Å². The molecule has 2 aromatic carbocycles. The maximum Gasteiger partial charge on any atom is 0.430 e. The number of rotatable bonds is 6. The highest BCUT2D eigenvalue weighted by atomic mass is 19.4. The minimum Gasteiger partial charge on any atom is -0.369 e. The first-order valence-electron chi connectivity index (χ1n) is 12.1. The van der Waals surface area contributed by atoms with Crippen molar-refractivity contribution in [3.8, 4) is 11.1 Å². The topological polar surface area (TPSA) is 39.6 Å². The summed E-state index contributed by atoms with van der Waals surface area (Å²) in [6, 6.07) is 9.64. The summed E-state index contributed by atoms with van der Waals surface area (Å²) in [4.78, 5) is 8.04. The lowest BCUT2D eigenvalue weighted by molar-refractivity contribution is -0.376. The fourth-order valence-electron chi connectivity index (χ4n) is 4.64. The molecule has 13 heteroatoms. The number of nitrogens with zero attached hydrogens (tertiary/aromatic N) is 3. The first-order valence-corrected chi connectivity index (χ1v) is 12.1. The summed E-state index contributed by atoms with van der Waals surface area (Å²) in [5, 5.41) is 9.54. The molecule has 3 aromatic rings. The fraction of sp³-hybridized carbons (Fsp3) is 0.370. The molecule has 1 saturated heterocycles. The molecule has 40 heavy (non-hydrogen) atoms. The van der Waals surface area contributed by atoms with Gasteiger partial charge < -0.3 is 5.11 Å². The van der Waals surface area contributed by atoms with Crippen LogP contribution >= 0.6 is 0 Å². The molecule has 0 amide bonds. The van der Waals surface area contributed by atoms with Crippen LogP contribution in [0.5, 0.6) is 0 Å². The van der Waals surface area contributed by atoms with Crippen LogP contribution in [0.1, 0.15) is 22.3 Å². The largest absolute Gasteiger partial charge is 0.430 e. The van der Waals surface area contributed by atoms with E-state index in [1.54, 1.807) is 12.4 Å². The van der Waals surface area contributed by atoms with Gasteiger partial charge in [-0.1, -0.05) is 36.4 Å². The van der Waals surface area contributed by atoms with Gasteiger partial charge in [-0.15, -0.1) is 0 Å². The third-order valence-electron chi connectivity index (χ3n) is 6.89. The highest BCUT2D eigenvalue weighted by molar-refractivity contribution is 5.66. The predicted octanol–water partition coefficient (Wildman–Crippen LogP) is 6.40. The van der Waals surface area contributed by atoms with Crippen molar-refractivity contribution in [2.45, 2.75) is 37.2 Å². The van der Waals surface area contributed by atoms with Crippen molar-refractivity contribution in [2.75, 3.05) is 26.2 Å². The predicted molar refractivity (Wildman–Crippen MR) is 128 cm³/mol. The van der Waals surface area contributed by atoms with Crippen molar-refractivity contribution in [1.29, 1.82) is 0 Å². The average molecular weight is 577 g/mol. The van der Waals surface area contributed by atoms with Crippen LogP contribution in [0.4, 0.5) is 39.5 Å². The molecular weight excluding hydrogens is 553 g/mol. The van der Waals surface area contributed by atoms with Crippen molar-refractivity contribution in [1.82, 2.24) is 14.8 Å². The lowest BCUT2D eigenvalue weighted by Crippen LogP contribution is -2.53. The monoisotopic (exact) mass is 577 g/mol. The summed E-state index contributed by atoms with van der Waals surface area (Å²) >= 11 is 0. The van der Waals surface area contributed by atoms with Crippen LogP contribution in [0, 0.1) is 0 Å². The zero-order valence-corrected chi connectivity index (χ0v) is 20.8. The van der Waals surface area contributed by atoms with Gasteiger partial charge in [0, 0.05) is 57.2 Å². The number of halogens is 9. The zero-order chi connectivity index (χ0) is 29.3. The maximum absolute atomic E-state index is 14.0. The molecule has 1 aliphatic rings. The molecule has 1 fully saturated rings. The molecule has 0 saturated carbocycles. The van der Waals surface area contributed by atoms with Gasteiger partial charge in [-0.2, -0.15) is 39.5 Å². The number of aliphatic hydroxyl groups is 1. The smallest absolute Gasteiger partial charge is 0.369 e. The van der Waals surface area contributed by atoms with E-state index < -0.39 is 35.3 Å². The molecule has 1 aromatic heterocycles. The quantitative estimate of drug-likeness (QED) is 0.345. The lowest BCUT2D eigenvalue weighted by atomic mass is 9.90. The number of alkyl halides is 9. The zero-order valence-electron chi connectivity index (χ0n) is 20.8. The fourth-order valence-corrected chi connectivity index (χ4v) is 4.64. The van der Waals surface area contributed by atoms with Crippen LogP contribution in [-0.4, -0.2) is 58.4 Å². The molecule has 0 spiro atoms. The second kappa shape index (κ2) is 11.0. The molecule has 4 rings (SSSR count). The Bertz CT molecular complexity index is 1270. The van der Waals surface area contributed by atoms with Crippen LogP contribution in [0.25, 0.3) is 11.1 Å². The van der Waals surface area contributed by atoms with Crippen LogP contribution in [0.2, 0.25) is 0 Å². The Labute approximate surface area is 223 Å². The molecule has 1 aliphatic heterocycles. The van der Waals surface area contributed by atoms with Gasteiger partial charge in [0.25, 0.3) is 5.60 Å². The number of piperazine rings is 1. The van der Waals surface area contributed by atoms with Gasteiger partial charge in [0.1, 0.15) is 0 Å². The third kappa shape index (κ3) is 6.26. The summed E-state index contributed by atoms with van der Waals surface area (Å²) in [6.45, 7) is 3.08. The molecular formula is C27H24F9N3O. The Kier molecular flexibility index (Phi) is 8.21. The minimum atomic E-state index is -6.07. The summed E-state index contributed by atoms with van der Waals surface area (Å²) in [5.74, 6) is 0. The Morgan fingerprint density at radius 3 is 1.65 bits per heavy atom. The highest BCUT2D eigenvalue weighted by Crippen LogP contribution is 2.50. The first-order chi connectivity index (χ1) is 18.6. The summed E-state index contributed by atoms with van der Waals surface area (Å²) in [7, 11) is 0. The van der Waals surface area contributed by atoms with E-state index in [2.05, 4.69) is 9.88 Å². The van der Waals surface area contributed by atoms with Gasteiger partial charge in [-0.05, 0) is 40.5 Å². The molecule has 4 nitrogen and oxygen atoms in total. The first kappa shape index (κ1) is 29.8. The molecule has 2 heterocycles. The minimum absolute atomic E-state index is 0.000952. The molecule has 0 aliphatic carbocycles. The van der Waals surface area contributed by atoms with Crippen LogP contribution in [0.15, 0.2) is 67.0 Å². The van der Waals surface area contributed by atoms with Gasteiger partial charge in [-0.3, -0.25) is 14.8 Å². The van der Waals surface area contributed by atoms with E-state index in [0.717, 1.165) is 23.8 Å². The van der Waals surface area contributed by atoms with E-state index in [1.807, 2.05) is 17.0 Å². The molecule has 216 valence electrons. The second-order valence-corrected chi connectivity index (χ2v) is 9.56. The van der Waals surface area contributed by atoms with E-state index in [-0.39, 0.29) is 23.2 Å². The normalized spacial score (nSPS) is 16.4. The molecule has 1 N–H and O–H groups in total. The number of pyridine rings is 1. The second-order valence-electron chi connectivity index (χ2n) is 9.56. The van der Waals surface area contributed by atoms with Crippen molar-refractivity contribution in [3.63, 3.8) is 0 Å². The molecule has 0 bridgehead atoms. The van der Waals surface area contributed by atoms with Gasteiger partial charge >= 0.3 is 18.5 Å². The van der Waals surface area contributed by atoms with Crippen molar-refractivity contribution in [2.24, 2.45) is 0 Å². The van der Waals surface area contributed by atoms with E-state index in [1.165, 1.54) is 12.1 Å². The average Bonchev–Trinajstić information content (AvgIpc) is 2.88. The van der Waals surface area contributed by atoms with E-state index in [9.17, 15) is 44.6 Å². The standard InChI is InChI=1S/C27H24F9N3O/c28-25(29,30)23-15-20(19-3-5-22(6-4-19)24(40,26(31,32)33)27(34,35)36)1-2-21(23)17-39-13-11-38(12-14-39)16-18-7-9-37-10-8-18/h1-10,15,40H,11-14,16-17H2. The van der Waals surface area contributed by atoms with Crippen LogP contribution < -0.4 is 0 Å². The molecule has 0 radical (unpaired) electrons. The maximum atomic E-state index is 14.0. The highest BCUT2D eigenvalue weighted by Gasteiger charge is 2.71. The SMILES string of the molecule is OC(c1ccc(-c2ccc(CN3CCN(Cc4ccncc4)CC3)c(C(F)(F)F)c2)cc1)(C(F)(F)F)C(F)(F)F. The third-order valence-corrected chi connectivity index (χ3v) is 6.89. The summed E-state index contributed by atoms with van der Waals surface area (Å²) in [6.07, 6.45) is -13.5. The van der Waals surface area contributed by atoms with Crippen LogP contribution in [0.3, 0.4) is 0 Å². The summed E-state index contributed by atoms with van der Waals surface area (Å²) in [5.41, 5.74) is -6.58. The Morgan fingerprint density at radius 1 is 0.650 bits per heavy atom. The Balaban J connectivity index is 1.52. The van der Waals surface area contributed by atoms with Gasteiger partial charge in [0.05, 0.1) is 5.56 Å².